The molecule has 0 amide bonds. The summed E-state index contributed by atoms with van der Waals surface area (Å²) in [7, 11) is 0. The van der Waals surface area contributed by atoms with E-state index < -0.39 is 5.97 Å². The van der Waals surface area contributed by atoms with Crippen molar-refractivity contribution in [2.24, 2.45) is 0 Å². The first kappa shape index (κ1) is 42.6. The minimum atomic E-state index is -0.419. The SMILES string of the molecule is CCCCCCC/C=C\CC(CCCCCC)OC(=O)c1ccccc1OC(=O)CCCCCCC/C=C\CC(O)CCCCCC. The molecule has 47 heavy (non-hydrogen) atoms. The highest BCUT2D eigenvalue weighted by Crippen LogP contribution is 2.23. The Bertz CT molecular complexity index is 952. The van der Waals surface area contributed by atoms with Gasteiger partial charge in [0, 0.05) is 12.8 Å². The van der Waals surface area contributed by atoms with Crippen molar-refractivity contribution < 1.29 is 24.2 Å². The molecule has 0 saturated heterocycles. The topological polar surface area (TPSA) is 72.8 Å². The highest BCUT2D eigenvalue weighted by atomic mass is 16.6. The van der Waals surface area contributed by atoms with E-state index in [1.807, 2.05) is 0 Å². The number of ether oxygens (including phenoxy) is 2. The molecule has 0 bridgehead atoms. The number of hydrogen-bond acceptors (Lipinski definition) is 5. The zero-order valence-electron chi connectivity index (χ0n) is 30.5. The maximum Gasteiger partial charge on any atom is 0.342 e. The van der Waals surface area contributed by atoms with Crippen molar-refractivity contribution in [2.45, 2.75) is 193 Å². The zero-order chi connectivity index (χ0) is 34.2. The Kier molecular flexibility index (Phi) is 28.0. The number of aliphatic hydroxyl groups is 1. The fourth-order valence-electron chi connectivity index (χ4n) is 5.73. The largest absolute Gasteiger partial charge is 0.458 e. The Morgan fingerprint density at radius 3 is 1.83 bits per heavy atom. The smallest absolute Gasteiger partial charge is 0.342 e. The molecular formula is C42H70O5. The molecule has 0 spiro atoms. The summed E-state index contributed by atoms with van der Waals surface area (Å²) in [4.78, 5) is 25.9. The lowest BCUT2D eigenvalue weighted by atomic mass is 10.1. The second-order valence-corrected chi connectivity index (χ2v) is 13.3. The number of hydrogen-bond donors (Lipinski definition) is 1. The molecule has 0 radical (unpaired) electrons. The molecule has 1 aromatic rings. The Hall–Kier alpha value is -2.40. The molecule has 1 rings (SSSR count). The summed E-state index contributed by atoms with van der Waals surface area (Å²) in [6.07, 6.45) is 34.8. The van der Waals surface area contributed by atoms with E-state index in [9.17, 15) is 14.7 Å². The van der Waals surface area contributed by atoms with Crippen LogP contribution in [0.1, 0.15) is 192 Å². The lowest BCUT2D eigenvalue weighted by molar-refractivity contribution is -0.134. The number of unbranched alkanes of at least 4 members (excludes halogenated alkanes) is 16. The third-order valence-electron chi connectivity index (χ3n) is 8.74. The summed E-state index contributed by atoms with van der Waals surface area (Å²) in [5, 5.41) is 10.1. The van der Waals surface area contributed by atoms with Crippen molar-refractivity contribution in [3.63, 3.8) is 0 Å². The summed E-state index contributed by atoms with van der Waals surface area (Å²) in [5.74, 6) is -0.440. The third-order valence-corrected chi connectivity index (χ3v) is 8.74. The van der Waals surface area contributed by atoms with Crippen LogP contribution in [0.25, 0.3) is 0 Å². The molecule has 2 atom stereocenters. The van der Waals surface area contributed by atoms with Gasteiger partial charge in [0.25, 0.3) is 0 Å². The number of allylic oxidation sites excluding steroid dienone is 2. The number of rotatable bonds is 31. The van der Waals surface area contributed by atoms with E-state index in [4.69, 9.17) is 9.47 Å². The van der Waals surface area contributed by atoms with Gasteiger partial charge in [-0.05, 0) is 69.9 Å². The van der Waals surface area contributed by atoms with Crippen LogP contribution in [0.5, 0.6) is 5.75 Å². The number of aliphatic hydroxyl groups excluding tert-OH is 1. The van der Waals surface area contributed by atoms with Crippen LogP contribution in [0.15, 0.2) is 48.6 Å². The molecule has 1 N–H and O–H groups in total. The molecule has 0 aliphatic rings. The highest BCUT2D eigenvalue weighted by Gasteiger charge is 2.20. The van der Waals surface area contributed by atoms with Gasteiger partial charge in [0.05, 0.1) is 6.10 Å². The minimum Gasteiger partial charge on any atom is -0.458 e. The molecule has 5 heteroatoms. The molecule has 0 aromatic heterocycles. The summed E-state index contributed by atoms with van der Waals surface area (Å²) in [6, 6.07) is 6.94. The van der Waals surface area contributed by atoms with E-state index in [-0.39, 0.29) is 23.9 Å². The molecular weight excluding hydrogens is 584 g/mol. The number of carbonyl (C=O) groups excluding carboxylic acids is 2. The first-order chi connectivity index (χ1) is 23.0. The van der Waals surface area contributed by atoms with E-state index in [1.165, 1.54) is 64.2 Å². The summed E-state index contributed by atoms with van der Waals surface area (Å²) in [6.45, 7) is 6.64. The fraction of sp³-hybridized carbons (Fsp3) is 0.714. The third kappa shape index (κ3) is 24.4. The van der Waals surface area contributed by atoms with Crippen LogP contribution >= 0.6 is 0 Å². The molecule has 1 aromatic carbocycles. The number of esters is 2. The van der Waals surface area contributed by atoms with E-state index in [0.717, 1.165) is 83.5 Å². The van der Waals surface area contributed by atoms with Gasteiger partial charge < -0.3 is 14.6 Å². The average Bonchev–Trinajstić information content (AvgIpc) is 3.07. The van der Waals surface area contributed by atoms with E-state index >= 15 is 0 Å². The van der Waals surface area contributed by atoms with Crippen molar-refractivity contribution in [3.05, 3.63) is 54.1 Å². The second kappa shape index (κ2) is 30.9. The van der Waals surface area contributed by atoms with Crippen LogP contribution in [0.3, 0.4) is 0 Å². The summed E-state index contributed by atoms with van der Waals surface area (Å²) < 4.78 is 11.7. The zero-order valence-corrected chi connectivity index (χ0v) is 30.5. The molecule has 268 valence electrons. The van der Waals surface area contributed by atoms with Gasteiger partial charge >= 0.3 is 11.9 Å². The van der Waals surface area contributed by atoms with Crippen molar-refractivity contribution in [3.8, 4) is 5.75 Å². The van der Waals surface area contributed by atoms with Gasteiger partial charge in [-0.25, -0.2) is 4.79 Å². The molecule has 0 aliphatic heterocycles. The Morgan fingerprint density at radius 1 is 0.638 bits per heavy atom. The van der Waals surface area contributed by atoms with Crippen molar-refractivity contribution in [1.29, 1.82) is 0 Å². The second-order valence-electron chi connectivity index (χ2n) is 13.3. The van der Waals surface area contributed by atoms with E-state index in [0.29, 0.717) is 18.4 Å². The van der Waals surface area contributed by atoms with Crippen LogP contribution in [0, 0.1) is 0 Å². The van der Waals surface area contributed by atoms with Gasteiger partial charge in [0.15, 0.2) is 0 Å². The number of para-hydroxylation sites is 1. The normalized spacial score (nSPS) is 12.9. The van der Waals surface area contributed by atoms with Crippen LogP contribution in [-0.2, 0) is 9.53 Å². The lowest BCUT2D eigenvalue weighted by Gasteiger charge is -2.18. The molecule has 0 fully saturated rings. The van der Waals surface area contributed by atoms with Gasteiger partial charge in [-0.1, -0.05) is 147 Å². The van der Waals surface area contributed by atoms with Gasteiger partial charge in [-0.15, -0.1) is 0 Å². The van der Waals surface area contributed by atoms with Crippen LogP contribution < -0.4 is 4.74 Å². The fourth-order valence-corrected chi connectivity index (χ4v) is 5.73. The first-order valence-electron chi connectivity index (χ1n) is 19.5. The van der Waals surface area contributed by atoms with Crippen LogP contribution in [0.4, 0.5) is 0 Å². The van der Waals surface area contributed by atoms with Gasteiger partial charge in [-0.3, -0.25) is 4.79 Å². The highest BCUT2D eigenvalue weighted by molar-refractivity contribution is 5.93. The minimum absolute atomic E-state index is 0.179. The van der Waals surface area contributed by atoms with Gasteiger partial charge in [0.2, 0.25) is 0 Å². The summed E-state index contributed by atoms with van der Waals surface area (Å²) in [5.41, 5.74) is 0.316. The van der Waals surface area contributed by atoms with E-state index in [2.05, 4.69) is 45.1 Å². The molecule has 0 heterocycles. The van der Waals surface area contributed by atoms with Crippen molar-refractivity contribution >= 4 is 11.9 Å². The molecule has 0 aliphatic carbocycles. The first-order valence-corrected chi connectivity index (χ1v) is 19.5. The van der Waals surface area contributed by atoms with Crippen molar-refractivity contribution in [1.82, 2.24) is 0 Å². The Morgan fingerprint density at radius 2 is 1.17 bits per heavy atom. The van der Waals surface area contributed by atoms with E-state index in [1.54, 1.807) is 24.3 Å². The van der Waals surface area contributed by atoms with Crippen molar-refractivity contribution in [2.75, 3.05) is 0 Å². The predicted octanol–water partition coefficient (Wildman–Crippen LogP) is 12.4. The summed E-state index contributed by atoms with van der Waals surface area (Å²) >= 11 is 0. The molecule has 5 nitrogen and oxygen atoms in total. The lowest BCUT2D eigenvalue weighted by Crippen LogP contribution is -2.19. The van der Waals surface area contributed by atoms with Gasteiger partial charge in [-0.2, -0.15) is 0 Å². The monoisotopic (exact) mass is 655 g/mol. The van der Waals surface area contributed by atoms with Gasteiger partial charge in [0.1, 0.15) is 17.4 Å². The maximum atomic E-state index is 13.3. The standard InChI is InChI=1S/C42H70O5/c1-4-7-10-13-14-18-21-26-33-38(32-25-12-9-6-3)46-42(45)39-34-28-29-35-40(39)47-41(44)36-27-22-19-16-15-17-20-24-31-37(43)30-23-11-8-5-2/h20-21,24,26,28-29,34-35,37-38,43H,4-19,22-23,25,27,30-33,36H2,1-3H3/b24-20-,26-21-. The molecule has 0 saturated carbocycles. The molecule has 2 unspecified atom stereocenters. The number of carbonyl (C=O) groups is 2. The quantitative estimate of drug-likeness (QED) is 0.0373. The average molecular weight is 655 g/mol. The predicted molar refractivity (Wildman–Crippen MR) is 198 cm³/mol. The van der Waals surface area contributed by atoms with Crippen LogP contribution in [0.2, 0.25) is 0 Å². The Balaban J connectivity index is 2.41. The Labute approximate surface area is 289 Å². The maximum absolute atomic E-state index is 13.3. The van der Waals surface area contributed by atoms with Crippen LogP contribution in [-0.4, -0.2) is 29.3 Å². The number of benzene rings is 1.